The third kappa shape index (κ3) is 3.73. The first-order valence-electron chi connectivity index (χ1n) is 8.11. The molecule has 4 nitrogen and oxygen atoms in total. The van der Waals surface area contributed by atoms with Crippen LogP contribution in [0.25, 0.3) is 0 Å². The zero-order chi connectivity index (χ0) is 16.2. The molecule has 0 bridgehead atoms. The van der Waals surface area contributed by atoms with E-state index < -0.39 is 5.41 Å². The molecule has 0 saturated heterocycles. The Morgan fingerprint density at radius 2 is 1.95 bits per heavy atom. The van der Waals surface area contributed by atoms with E-state index in [1.165, 1.54) is 19.3 Å². The highest BCUT2D eigenvalue weighted by molar-refractivity contribution is 5.99. The summed E-state index contributed by atoms with van der Waals surface area (Å²) in [5, 5.41) is 0. The quantitative estimate of drug-likeness (QED) is 0.784. The second-order valence-electron chi connectivity index (χ2n) is 6.88. The number of pyridine rings is 1. The maximum absolute atomic E-state index is 12.8. The fourth-order valence-electron chi connectivity index (χ4n) is 3.40. The number of rotatable bonds is 5. The van der Waals surface area contributed by atoms with Gasteiger partial charge in [-0.1, -0.05) is 33.1 Å². The van der Waals surface area contributed by atoms with Gasteiger partial charge in [0.05, 0.1) is 6.54 Å². The molecule has 22 heavy (non-hydrogen) atoms. The van der Waals surface area contributed by atoms with Gasteiger partial charge in [0.15, 0.2) is 5.78 Å². The number of carbonyl (C=O) groups excluding carboxylic acids is 2. The Labute approximate surface area is 132 Å². The molecule has 4 heteroatoms. The molecule has 0 radical (unpaired) electrons. The Morgan fingerprint density at radius 1 is 1.27 bits per heavy atom. The molecule has 0 aromatic carbocycles. The molecule has 0 N–H and O–H groups in total. The van der Waals surface area contributed by atoms with Crippen molar-refractivity contribution in [3.8, 4) is 0 Å². The Hall–Kier alpha value is -1.71. The van der Waals surface area contributed by atoms with Crippen molar-refractivity contribution in [2.75, 3.05) is 13.6 Å². The summed E-state index contributed by atoms with van der Waals surface area (Å²) in [4.78, 5) is 30.5. The molecule has 1 fully saturated rings. The number of hydrogen-bond donors (Lipinski definition) is 0. The Kier molecular flexibility index (Phi) is 5.33. The molecule has 0 atom stereocenters. The van der Waals surface area contributed by atoms with E-state index in [-0.39, 0.29) is 18.2 Å². The number of nitrogens with zero attached hydrogens (tertiary/aromatic N) is 2. The van der Waals surface area contributed by atoms with Crippen LogP contribution in [-0.4, -0.2) is 35.2 Å². The normalized spacial score (nSPS) is 16.3. The summed E-state index contributed by atoms with van der Waals surface area (Å²) < 4.78 is 0. The van der Waals surface area contributed by atoms with Crippen LogP contribution in [-0.2, 0) is 4.79 Å². The van der Waals surface area contributed by atoms with Gasteiger partial charge in [-0.3, -0.25) is 14.6 Å². The van der Waals surface area contributed by atoms with Gasteiger partial charge in [0.2, 0.25) is 5.91 Å². The standard InChI is InChI=1S/C18H26N2O2/c1-18(2,15-9-5-4-6-10-15)17(22)20(3)13-16(21)14-8-7-11-19-12-14/h7-8,11-12,15H,4-6,9-10,13H2,1-3H3. The van der Waals surface area contributed by atoms with Gasteiger partial charge in [-0.15, -0.1) is 0 Å². The van der Waals surface area contributed by atoms with Crippen LogP contribution in [0.15, 0.2) is 24.5 Å². The van der Waals surface area contributed by atoms with Crippen LogP contribution in [0.2, 0.25) is 0 Å². The van der Waals surface area contributed by atoms with Crippen LogP contribution in [0.1, 0.15) is 56.3 Å². The van der Waals surface area contributed by atoms with E-state index in [0.717, 1.165) is 12.8 Å². The molecule has 0 unspecified atom stereocenters. The molecule has 1 aromatic heterocycles. The molecule has 2 rings (SSSR count). The van der Waals surface area contributed by atoms with E-state index in [0.29, 0.717) is 11.5 Å². The number of amides is 1. The van der Waals surface area contributed by atoms with Gasteiger partial charge in [0, 0.05) is 30.4 Å². The third-order valence-corrected chi connectivity index (χ3v) is 4.89. The van der Waals surface area contributed by atoms with Crippen molar-refractivity contribution in [2.45, 2.75) is 46.0 Å². The highest BCUT2D eigenvalue weighted by atomic mass is 16.2. The van der Waals surface area contributed by atoms with Crippen molar-refractivity contribution >= 4 is 11.7 Å². The van der Waals surface area contributed by atoms with Crippen molar-refractivity contribution in [2.24, 2.45) is 11.3 Å². The summed E-state index contributed by atoms with van der Waals surface area (Å²) >= 11 is 0. The van der Waals surface area contributed by atoms with Crippen molar-refractivity contribution in [3.63, 3.8) is 0 Å². The molecule has 1 aliphatic rings. The van der Waals surface area contributed by atoms with Crippen LogP contribution in [0, 0.1) is 11.3 Å². The fraction of sp³-hybridized carbons (Fsp3) is 0.611. The fourth-order valence-corrected chi connectivity index (χ4v) is 3.40. The first-order chi connectivity index (χ1) is 10.4. The zero-order valence-corrected chi connectivity index (χ0v) is 13.8. The van der Waals surface area contributed by atoms with E-state index in [2.05, 4.69) is 4.98 Å². The molecule has 0 aliphatic heterocycles. The lowest BCUT2D eigenvalue weighted by molar-refractivity contribution is -0.142. The van der Waals surface area contributed by atoms with Gasteiger partial charge in [-0.05, 0) is 30.9 Å². The minimum Gasteiger partial charge on any atom is -0.338 e. The second-order valence-corrected chi connectivity index (χ2v) is 6.88. The van der Waals surface area contributed by atoms with E-state index in [1.807, 2.05) is 13.8 Å². The van der Waals surface area contributed by atoms with Gasteiger partial charge in [0.1, 0.15) is 0 Å². The predicted molar refractivity (Wildman–Crippen MR) is 86.6 cm³/mol. The lowest BCUT2D eigenvalue weighted by atomic mass is 9.70. The lowest BCUT2D eigenvalue weighted by Gasteiger charge is -2.38. The Balaban J connectivity index is 2.00. The molecular formula is C18H26N2O2. The first-order valence-corrected chi connectivity index (χ1v) is 8.11. The summed E-state index contributed by atoms with van der Waals surface area (Å²) in [6, 6.07) is 3.47. The lowest BCUT2D eigenvalue weighted by Crippen LogP contribution is -2.45. The van der Waals surface area contributed by atoms with Crippen LogP contribution >= 0.6 is 0 Å². The van der Waals surface area contributed by atoms with E-state index in [9.17, 15) is 9.59 Å². The Morgan fingerprint density at radius 3 is 2.55 bits per heavy atom. The number of ketones is 1. The maximum atomic E-state index is 12.8. The van der Waals surface area contributed by atoms with E-state index in [4.69, 9.17) is 0 Å². The summed E-state index contributed by atoms with van der Waals surface area (Å²) in [6.45, 7) is 4.16. The van der Waals surface area contributed by atoms with E-state index >= 15 is 0 Å². The molecule has 0 spiro atoms. The maximum Gasteiger partial charge on any atom is 0.228 e. The van der Waals surface area contributed by atoms with Crippen LogP contribution in [0.3, 0.4) is 0 Å². The van der Waals surface area contributed by atoms with Gasteiger partial charge in [-0.2, -0.15) is 0 Å². The number of likely N-dealkylation sites (N-methyl/N-ethyl adjacent to an activating group) is 1. The number of aromatic nitrogens is 1. The average Bonchev–Trinajstić information content (AvgIpc) is 2.55. The van der Waals surface area contributed by atoms with Gasteiger partial charge in [-0.25, -0.2) is 0 Å². The Bertz CT molecular complexity index is 519. The summed E-state index contributed by atoms with van der Waals surface area (Å²) in [5.41, 5.74) is 0.155. The smallest absolute Gasteiger partial charge is 0.228 e. The van der Waals surface area contributed by atoms with Crippen molar-refractivity contribution < 1.29 is 9.59 Å². The molecule has 1 aliphatic carbocycles. The molecule has 120 valence electrons. The predicted octanol–water partition coefficient (Wildman–Crippen LogP) is 3.33. The summed E-state index contributed by atoms with van der Waals surface area (Å²) in [5.74, 6) is 0.421. The molecule has 1 heterocycles. The zero-order valence-electron chi connectivity index (χ0n) is 13.8. The van der Waals surface area contributed by atoms with Gasteiger partial charge < -0.3 is 4.90 Å². The minimum atomic E-state index is -0.398. The van der Waals surface area contributed by atoms with Crippen molar-refractivity contribution in [1.29, 1.82) is 0 Å². The largest absolute Gasteiger partial charge is 0.338 e. The number of carbonyl (C=O) groups is 2. The first kappa shape index (κ1) is 16.7. The number of hydrogen-bond acceptors (Lipinski definition) is 3. The topological polar surface area (TPSA) is 50.3 Å². The molecule has 1 amide bonds. The summed E-state index contributed by atoms with van der Waals surface area (Å²) in [6.07, 6.45) is 9.10. The SMILES string of the molecule is CN(CC(=O)c1cccnc1)C(=O)C(C)(C)C1CCCCC1. The van der Waals surface area contributed by atoms with Gasteiger partial charge >= 0.3 is 0 Å². The minimum absolute atomic E-state index is 0.0663. The van der Waals surface area contributed by atoms with Crippen molar-refractivity contribution in [3.05, 3.63) is 30.1 Å². The highest BCUT2D eigenvalue weighted by Gasteiger charge is 2.39. The van der Waals surface area contributed by atoms with Crippen LogP contribution in [0.5, 0.6) is 0 Å². The number of Topliss-reactive ketones (excluding diaryl/α,β-unsaturated/α-hetero) is 1. The molecular weight excluding hydrogens is 276 g/mol. The average molecular weight is 302 g/mol. The molecule has 1 saturated carbocycles. The monoisotopic (exact) mass is 302 g/mol. The summed E-state index contributed by atoms with van der Waals surface area (Å²) in [7, 11) is 1.72. The van der Waals surface area contributed by atoms with Crippen LogP contribution < -0.4 is 0 Å². The van der Waals surface area contributed by atoms with Gasteiger partial charge in [0.25, 0.3) is 0 Å². The second kappa shape index (κ2) is 7.03. The van der Waals surface area contributed by atoms with Crippen LogP contribution in [0.4, 0.5) is 0 Å². The third-order valence-electron chi connectivity index (χ3n) is 4.89. The molecule has 1 aromatic rings. The highest BCUT2D eigenvalue weighted by Crippen LogP contribution is 2.39. The van der Waals surface area contributed by atoms with Crippen molar-refractivity contribution in [1.82, 2.24) is 9.88 Å². The van der Waals surface area contributed by atoms with E-state index in [1.54, 1.807) is 36.5 Å².